The van der Waals surface area contributed by atoms with E-state index in [4.69, 9.17) is 0 Å². The van der Waals surface area contributed by atoms with Crippen molar-refractivity contribution in [3.8, 4) is 0 Å². The molecule has 0 saturated heterocycles. The fourth-order valence-corrected chi connectivity index (χ4v) is 1.43. The van der Waals surface area contributed by atoms with Crippen molar-refractivity contribution in [3.05, 3.63) is 30.3 Å². The number of anilines is 1. The van der Waals surface area contributed by atoms with Gasteiger partial charge in [0.05, 0.1) is 0 Å². The Hall–Kier alpha value is -1.16. The topological polar surface area (TPSA) is 37.8 Å². The van der Waals surface area contributed by atoms with E-state index in [1.165, 1.54) is 0 Å². The van der Waals surface area contributed by atoms with E-state index < -0.39 is 0 Å². The maximum absolute atomic E-state index is 3.96. The van der Waals surface area contributed by atoms with Gasteiger partial charge in [-0.05, 0) is 0 Å². The van der Waals surface area contributed by atoms with Gasteiger partial charge in [-0.3, -0.25) is 0 Å². The van der Waals surface area contributed by atoms with Crippen molar-refractivity contribution < 1.29 is 0 Å². The zero-order chi connectivity index (χ0) is 8.81. The summed E-state index contributed by atoms with van der Waals surface area (Å²) in [6.07, 6.45) is 4.39. The molecule has 0 aliphatic rings. The highest BCUT2D eigenvalue weighted by atomic mass is 32.1. The number of rotatable bonds is 5. The molecule has 4 heteroatoms. The van der Waals surface area contributed by atoms with E-state index in [0.717, 1.165) is 23.1 Å². The quantitative estimate of drug-likeness (QED) is 0.705. The van der Waals surface area contributed by atoms with Crippen molar-refractivity contribution in [2.45, 2.75) is 6.42 Å². The minimum atomic E-state index is 0.725. The molecule has 12 heavy (non-hydrogen) atoms. The van der Waals surface area contributed by atoms with Crippen LogP contribution in [0, 0.1) is 0 Å². The maximum Gasteiger partial charge on any atom is 0.205 e. The van der Waals surface area contributed by atoms with Crippen LogP contribution in [0.2, 0.25) is 0 Å². The Morgan fingerprint density at radius 1 is 1.33 bits per heavy atom. The summed E-state index contributed by atoms with van der Waals surface area (Å²) in [7, 11) is 0. The van der Waals surface area contributed by atoms with Crippen molar-refractivity contribution in [2.24, 2.45) is 0 Å². The Kier molecular flexibility index (Phi) is 3.47. The summed E-state index contributed by atoms with van der Waals surface area (Å²) in [5.41, 5.74) is 0. The molecule has 1 heterocycles. The van der Waals surface area contributed by atoms with Gasteiger partial charge in [-0.25, -0.2) is 0 Å². The minimum absolute atomic E-state index is 0.725. The Morgan fingerprint density at radius 3 is 2.83 bits per heavy atom. The summed E-state index contributed by atoms with van der Waals surface area (Å²) in [5, 5.41) is 12.8. The molecule has 1 aromatic heterocycles. The number of nitrogens with zero attached hydrogens (tertiary/aromatic N) is 2. The SMILES string of the molecule is C=CCNc1nnc(CC=C)s1. The molecule has 0 atom stereocenters. The minimum Gasteiger partial charge on any atom is -0.357 e. The van der Waals surface area contributed by atoms with Gasteiger partial charge in [0.1, 0.15) is 5.01 Å². The van der Waals surface area contributed by atoms with Crippen LogP contribution in [0.4, 0.5) is 5.13 Å². The summed E-state index contributed by atoms with van der Waals surface area (Å²) >= 11 is 1.55. The van der Waals surface area contributed by atoms with Gasteiger partial charge in [0.25, 0.3) is 0 Å². The van der Waals surface area contributed by atoms with E-state index in [0.29, 0.717) is 0 Å². The molecular formula is C8H11N3S. The second-order valence-electron chi connectivity index (χ2n) is 2.16. The van der Waals surface area contributed by atoms with Gasteiger partial charge in [-0.15, -0.1) is 23.4 Å². The molecule has 0 saturated carbocycles. The van der Waals surface area contributed by atoms with Crippen LogP contribution in [0.5, 0.6) is 0 Å². The molecular weight excluding hydrogens is 170 g/mol. The second kappa shape index (κ2) is 4.66. The molecule has 0 fully saturated rings. The van der Waals surface area contributed by atoms with Crippen LogP contribution in [0.3, 0.4) is 0 Å². The third-order valence-corrected chi connectivity index (χ3v) is 2.09. The predicted octanol–water partition coefficient (Wildman–Crippen LogP) is 1.86. The highest BCUT2D eigenvalue weighted by Crippen LogP contribution is 2.14. The molecule has 1 aromatic rings. The van der Waals surface area contributed by atoms with Crippen LogP contribution >= 0.6 is 11.3 Å². The number of allylic oxidation sites excluding steroid dienone is 1. The molecule has 0 aliphatic carbocycles. The zero-order valence-corrected chi connectivity index (χ0v) is 7.60. The number of hydrogen-bond acceptors (Lipinski definition) is 4. The predicted molar refractivity (Wildman–Crippen MR) is 52.5 cm³/mol. The van der Waals surface area contributed by atoms with Crippen molar-refractivity contribution in [2.75, 3.05) is 11.9 Å². The summed E-state index contributed by atoms with van der Waals surface area (Å²) in [6, 6.07) is 0. The van der Waals surface area contributed by atoms with E-state index >= 15 is 0 Å². The lowest BCUT2D eigenvalue weighted by molar-refractivity contribution is 1.01. The normalized spacial score (nSPS) is 9.33. The van der Waals surface area contributed by atoms with E-state index in [9.17, 15) is 0 Å². The molecule has 0 aromatic carbocycles. The average Bonchev–Trinajstić information content (AvgIpc) is 2.50. The first kappa shape index (κ1) is 8.93. The van der Waals surface area contributed by atoms with Gasteiger partial charge in [0.15, 0.2) is 0 Å². The van der Waals surface area contributed by atoms with Crippen LogP contribution < -0.4 is 5.32 Å². The van der Waals surface area contributed by atoms with Gasteiger partial charge < -0.3 is 5.32 Å². The highest BCUT2D eigenvalue weighted by molar-refractivity contribution is 7.15. The fraction of sp³-hybridized carbons (Fsp3) is 0.250. The van der Waals surface area contributed by atoms with Crippen LogP contribution in [0.15, 0.2) is 25.3 Å². The van der Waals surface area contributed by atoms with Gasteiger partial charge in [-0.1, -0.05) is 23.5 Å². The molecule has 0 spiro atoms. The van der Waals surface area contributed by atoms with Gasteiger partial charge >= 0.3 is 0 Å². The monoisotopic (exact) mass is 181 g/mol. The molecule has 0 amide bonds. The summed E-state index contributed by atoms with van der Waals surface area (Å²) in [6.45, 7) is 7.95. The van der Waals surface area contributed by atoms with Gasteiger partial charge in [0, 0.05) is 13.0 Å². The molecule has 1 rings (SSSR count). The third-order valence-electron chi connectivity index (χ3n) is 1.18. The average molecular weight is 181 g/mol. The van der Waals surface area contributed by atoms with E-state index in [1.54, 1.807) is 17.4 Å². The largest absolute Gasteiger partial charge is 0.357 e. The molecule has 0 radical (unpaired) electrons. The number of aromatic nitrogens is 2. The lowest BCUT2D eigenvalue weighted by Crippen LogP contribution is -1.96. The standard InChI is InChI=1S/C8H11N3S/c1-3-5-7-10-11-8(12-7)9-6-4-2/h3-4H,1-2,5-6H2,(H,9,11). The highest BCUT2D eigenvalue weighted by Gasteiger charge is 1.99. The van der Waals surface area contributed by atoms with E-state index in [-0.39, 0.29) is 0 Å². The molecule has 3 nitrogen and oxygen atoms in total. The summed E-state index contributed by atoms with van der Waals surface area (Å²) in [5.74, 6) is 0. The molecule has 0 unspecified atom stereocenters. The fourth-order valence-electron chi connectivity index (χ4n) is 0.690. The lowest BCUT2D eigenvalue weighted by Gasteiger charge is -1.92. The first-order valence-electron chi connectivity index (χ1n) is 3.65. The maximum atomic E-state index is 3.96. The zero-order valence-electron chi connectivity index (χ0n) is 6.79. The molecule has 64 valence electrons. The Morgan fingerprint density at radius 2 is 2.17 bits per heavy atom. The molecule has 0 aliphatic heterocycles. The van der Waals surface area contributed by atoms with Crippen LogP contribution in [-0.4, -0.2) is 16.7 Å². The second-order valence-corrected chi connectivity index (χ2v) is 3.23. The first-order chi connectivity index (χ1) is 5.86. The molecule has 0 bridgehead atoms. The summed E-state index contributed by atoms with van der Waals surface area (Å²) in [4.78, 5) is 0. The van der Waals surface area contributed by atoms with Gasteiger partial charge in [0.2, 0.25) is 5.13 Å². The van der Waals surface area contributed by atoms with Crippen LogP contribution in [-0.2, 0) is 6.42 Å². The third kappa shape index (κ3) is 2.47. The van der Waals surface area contributed by atoms with Crippen molar-refractivity contribution in [3.63, 3.8) is 0 Å². The first-order valence-corrected chi connectivity index (χ1v) is 4.46. The summed E-state index contributed by atoms with van der Waals surface area (Å²) < 4.78 is 0. The van der Waals surface area contributed by atoms with Crippen LogP contribution in [0.1, 0.15) is 5.01 Å². The Balaban J connectivity index is 2.51. The van der Waals surface area contributed by atoms with Crippen LogP contribution in [0.25, 0.3) is 0 Å². The molecule has 1 N–H and O–H groups in total. The smallest absolute Gasteiger partial charge is 0.205 e. The Bertz CT molecular complexity index is 267. The van der Waals surface area contributed by atoms with Crippen molar-refractivity contribution >= 4 is 16.5 Å². The van der Waals surface area contributed by atoms with Crippen molar-refractivity contribution in [1.82, 2.24) is 10.2 Å². The van der Waals surface area contributed by atoms with Crippen molar-refractivity contribution in [1.29, 1.82) is 0 Å². The van der Waals surface area contributed by atoms with E-state index in [2.05, 4.69) is 28.7 Å². The lowest BCUT2D eigenvalue weighted by atomic mass is 10.5. The van der Waals surface area contributed by atoms with E-state index in [1.807, 2.05) is 6.08 Å². The van der Waals surface area contributed by atoms with Gasteiger partial charge in [-0.2, -0.15) is 0 Å². The number of hydrogen-bond donors (Lipinski definition) is 1. The Labute approximate surface area is 75.8 Å². The number of nitrogens with one attached hydrogen (secondary N) is 1.